The largest absolute Gasteiger partial charge is 0.224 e. The Balaban J connectivity index is 6.01. The van der Waals surface area contributed by atoms with Gasteiger partial charge in [-0.1, -0.05) is 48.5 Å². The maximum absolute atomic E-state index is 10.7. The first kappa shape index (κ1) is 13.8. The van der Waals surface area contributed by atoms with E-state index in [0.717, 1.165) is 6.16 Å². The normalized spacial score (nSPS) is 13.4. The zero-order valence-electron chi connectivity index (χ0n) is 10.6. The monoisotopic (exact) mass is 214 g/mol. The lowest BCUT2D eigenvalue weighted by Crippen LogP contribution is -2.30. The van der Waals surface area contributed by atoms with Gasteiger partial charge in [0.25, 0.3) is 0 Å². The molecule has 0 radical (unpaired) electrons. The van der Waals surface area contributed by atoms with Gasteiger partial charge in [-0.05, 0) is 28.8 Å². The summed E-state index contributed by atoms with van der Waals surface area (Å²) < 4.78 is 0. The first-order valence-electron chi connectivity index (χ1n) is 5.15. The molecule has 0 saturated heterocycles. The Labute approximate surface area is 88.6 Å². The summed E-state index contributed by atoms with van der Waals surface area (Å²) >= 11 is 0. The molecule has 0 aromatic heterocycles. The minimum atomic E-state index is -1.52. The van der Waals surface area contributed by atoms with Gasteiger partial charge < -0.3 is 0 Å². The average molecular weight is 214 g/mol. The Morgan fingerprint density at radius 1 is 1.00 bits per heavy atom. The molecule has 0 aromatic carbocycles. The third kappa shape index (κ3) is 2.23. The van der Waals surface area contributed by atoms with Gasteiger partial charge >= 0.3 is 0 Å². The van der Waals surface area contributed by atoms with Gasteiger partial charge in [0.15, 0.2) is 5.94 Å². The van der Waals surface area contributed by atoms with Crippen molar-refractivity contribution in [3.05, 3.63) is 0 Å². The van der Waals surface area contributed by atoms with Gasteiger partial charge in [-0.3, -0.25) is 0 Å². The smallest absolute Gasteiger partial charge is 0.176 e. The van der Waals surface area contributed by atoms with Crippen molar-refractivity contribution in [3.63, 3.8) is 0 Å². The second kappa shape index (κ2) is 4.11. The molecule has 0 aliphatic rings. The molecule has 0 amide bonds. The summed E-state index contributed by atoms with van der Waals surface area (Å²) in [5.74, 6) is 1.92. The Hall–Kier alpha value is -0.210. The van der Waals surface area contributed by atoms with Crippen LogP contribution in [0.4, 0.5) is 0 Å². The molecule has 0 heterocycles. The molecular weight excluding hydrogens is 191 g/mol. The van der Waals surface area contributed by atoms with Crippen molar-refractivity contribution < 1.29 is 4.79 Å². The number of rotatable bonds is 1. The Morgan fingerprint density at radius 3 is 1.43 bits per heavy atom. The fraction of sp³-hybridized carbons (Fsp3) is 0.833. The van der Waals surface area contributed by atoms with E-state index in [9.17, 15) is 4.79 Å². The van der Waals surface area contributed by atoms with E-state index in [-0.39, 0.29) is 10.3 Å². The summed E-state index contributed by atoms with van der Waals surface area (Å²) in [5.41, 5.74) is 3.03. The van der Waals surface area contributed by atoms with Crippen LogP contribution in [0.5, 0.6) is 0 Å². The van der Waals surface area contributed by atoms with Gasteiger partial charge in [-0.2, -0.15) is 0 Å². The molecule has 1 nitrogen and oxygen atoms in total. The van der Waals surface area contributed by atoms with E-state index < -0.39 is 6.89 Å². The van der Waals surface area contributed by atoms with Crippen LogP contribution >= 0.6 is 6.89 Å². The molecular formula is C12H23OP. The quantitative estimate of drug-likeness (QED) is 0.483. The molecule has 0 aliphatic heterocycles. The standard InChI is InChI=1S/C12H23OP/c1-8-14(10-9-13,11(2,3)4)12(5,6)7/h8H2,1-7H3. The lowest BCUT2D eigenvalue weighted by atomic mass is 10.2. The second-order valence-electron chi connectivity index (χ2n) is 5.68. The van der Waals surface area contributed by atoms with Crippen LogP contribution in [0.3, 0.4) is 0 Å². The predicted octanol–water partition coefficient (Wildman–Crippen LogP) is 3.41. The van der Waals surface area contributed by atoms with Gasteiger partial charge in [0.2, 0.25) is 0 Å². The minimum absolute atomic E-state index is 0.136. The molecule has 0 unspecified atom stereocenters. The van der Waals surface area contributed by atoms with Crippen molar-refractivity contribution in [1.82, 2.24) is 0 Å². The van der Waals surface area contributed by atoms with Gasteiger partial charge in [-0.15, -0.1) is 0 Å². The van der Waals surface area contributed by atoms with E-state index in [2.05, 4.69) is 53.9 Å². The van der Waals surface area contributed by atoms with Crippen LogP contribution in [0.1, 0.15) is 48.5 Å². The summed E-state index contributed by atoms with van der Waals surface area (Å²) in [6.07, 6.45) is 1.02. The number of carbonyl (C=O) groups excluding carboxylic acids is 1. The summed E-state index contributed by atoms with van der Waals surface area (Å²) in [5, 5.41) is 0.273. The zero-order chi connectivity index (χ0) is 11.6. The summed E-state index contributed by atoms with van der Waals surface area (Å²) in [7, 11) is 0. The zero-order valence-corrected chi connectivity index (χ0v) is 11.5. The molecule has 0 fully saturated rings. The number of hydrogen-bond donors (Lipinski definition) is 0. The van der Waals surface area contributed by atoms with E-state index in [0.29, 0.717) is 0 Å². The predicted molar refractivity (Wildman–Crippen MR) is 67.7 cm³/mol. The highest BCUT2D eigenvalue weighted by atomic mass is 31.2. The van der Waals surface area contributed by atoms with Gasteiger partial charge in [0, 0.05) is 0 Å². The first-order chi connectivity index (χ1) is 6.12. The fourth-order valence-electron chi connectivity index (χ4n) is 2.45. The van der Waals surface area contributed by atoms with E-state index in [1.54, 1.807) is 0 Å². The van der Waals surface area contributed by atoms with E-state index in [4.69, 9.17) is 0 Å². The van der Waals surface area contributed by atoms with Crippen LogP contribution in [0.15, 0.2) is 0 Å². The lowest BCUT2D eigenvalue weighted by Gasteiger charge is -2.45. The molecule has 0 aromatic rings. The van der Waals surface area contributed by atoms with E-state index in [1.165, 1.54) is 0 Å². The van der Waals surface area contributed by atoms with Crippen LogP contribution in [0, 0.1) is 0 Å². The molecule has 0 N–H and O–H groups in total. The van der Waals surface area contributed by atoms with Crippen molar-refractivity contribution >= 4 is 18.3 Å². The van der Waals surface area contributed by atoms with Gasteiger partial charge in [0.1, 0.15) is 0 Å². The third-order valence-corrected chi connectivity index (χ3v) is 9.00. The molecule has 82 valence electrons. The molecule has 0 spiro atoms. The minimum Gasteiger partial charge on any atom is -0.224 e. The average Bonchev–Trinajstić information content (AvgIpc) is 1.94. The molecule has 2 heteroatoms. The van der Waals surface area contributed by atoms with E-state index >= 15 is 0 Å². The van der Waals surface area contributed by atoms with Crippen LogP contribution in [-0.2, 0) is 4.79 Å². The molecule has 0 aliphatic carbocycles. The lowest BCUT2D eigenvalue weighted by molar-refractivity contribution is 0.571. The molecule has 0 rings (SSSR count). The SMILES string of the molecule is CCP(=C=C=O)(C(C)(C)C)C(C)(C)C. The summed E-state index contributed by atoms with van der Waals surface area (Å²) in [6, 6.07) is 0. The summed E-state index contributed by atoms with van der Waals surface area (Å²) in [4.78, 5) is 10.7. The Kier molecular flexibility index (Phi) is 4.05. The van der Waals surface area contributed by atoms with Gasteiger partial charge in [0.05, 0.1) is 0 Å². The first-order valence-corrected chi connectivity index (χ1v) is 7.12. The van der Waals surface area contributed by atoms with Gasteiger partial charge in [-0.25, -0.2) is 4.79 Å². The van der Waals surface area contributed by atoms with Crippen LogP contribution < -0.4 is 0 Å². The molecule has 14 heavy (non-hydrogen) atoms. The Morgan fingerprint density at radius 2 is 1.36 bits per heavy atom. The van der Waals surface area contributed by atoms with Crippen LogP contribution in [0.25, 0.3) is 0 Å². The number of hydrogen-bond acceptors (Lipinski definition) is 1. The highest BCUT2D eigenvalue weighted by Gasteiger charge is 2.40. The van der Waals surface area contributed by atoms with Crippen molar-refractivity contribution in [2.45, 2.75) is 58.8 Å². The third-order valence-electron chi connectivity index (χ3n) is 3.00. The van der Waals surface area contributed by atoms with Crippen molar-refractivity contribution in [2.24, 2.45) is 0 Å². The maximum atomic E-state index is 10.7. The highest BCUT2D eigenvalue weighted by Crippen LogP contribution is 2.66. The second-order valence-corrected chi connectivity index (χ2v) is 10.8. The maximum Gasteiger partial charge on any atom is 0.176 e. The molecule has 0 atom stereocenters. The van der Waals surface area contributed by atoms with Crippen LogP contribution in [0.2, 0.25) is 0 Å². The topological polar surface area (TPSA) is 17.1 Å². The van der Waals surface area contributed by atoms with Crippen molar-refractivity contribution in [3.8, 4) is 0 Å². The van der Waals surface area contributed by atoms with Crippen molar-refractivity contribution in [1.29, 1.82) is 0 Å². The molecule has 0 bridgehead atoms. The fourth-order valence-corrected chi connectivity index (χ4v) is 7.34. The van der Waals surface area contributed by atoms with Crippen molar-refractivity contribution in [2.75, 3.05) is 6.16 Å². The Bertz CT molecular complexity index is 284. The highest BCUT2D eigenvalue weighted by molar-refractivity contribution is 7.77. The summed E-state index contributed by atoms with van der Waals surface area (Å²) in [6.45, 7) is 13.9. The molecule has 0 saturated carbocycles. The van der Waals surface area contributed by atoms with Crippen LogP contribution in [-0.4, -0.2) is 27.9 Å². The van der Waals surface area contributed by atoms with E-state index in [1.807, 2.05) is 5.94 Å².